The number of aromatic nitrogens is 4. The van der Waals surface area contributed by atoms with E-state index < -0.39 is 17.3 Å². The second kappa shape index (κ2) is 10.3. The number of alkyl halides is 3. The summed E-state index contributed by atoms with van der Waals surface area (Å²) in [6, 6.07) is 22.0. The third kappa shape index (κ3) is 5.34. The van der Waals surface area contributed by atoms with E-state index in [1.54, 1.807) is 12.1 Å². The van der Waals surface area contributed by atoms with Crippen molar-refractivity contribution in [2.45, 2.75) is 19.3 Å². The fraction of sp³-hybridized carbons (Fsp3) is 0.143. The number of rotatable bonds is 7. The van der Waals surface area contributed by atoms with Crippen LogP contribution in [0.1, 0.15) is 21.5 Å². The second-order valence-electron chi connectivity index (χ2n) is 8.68. The highest BCUT2D eigenvalue weighted by atomic mass is 19.4. The Balaban J connectivity index is 1.23. The van der Waals surface area contributed by atoms with E-state index in [1.807, 2.05) is 42.5 Å². The summed E-state index contributed by atoms with van der Waals surface area (Å²) in [6.07, 6.45) is -1.81. The average Bonchev–Trinajstić information content (AvgIpc) is 3.34. The maximum absolute atomic E-state index is 13.0. The number of nitrogens with zero attached hydrogens (tertiary/aromatic N) is 4. The van der Waals surface area contributed by atoms with E-state index in [9.17, 15) is 22.8 Å². The highest BCUT2D eigenvalue weighted by Gasteiger charge is 2.30. The van der Waals surface area contributed by atoms with Gasteiger partial charge < -0.3 is 5.32 Å². The Morgan fingerprint density at radius 3 is 2.39 bits per heavy atom. The summed E-state index contributed by atoms with van der Waals surface area (Å²) in [4.78, 5) is 29.8. The predicted octanol–water partition coefficient (Wildman–Crippen LogP) is 4.76. The van der Waals surface area contributed by atoms with Crippen molar-refractivity contribution in [3.8, 4) is 11.1 Å². The standard InChI is InChI=1S/C28H22F3N5O2/c29-28(30,31)23-8-4-5-19(15-23)17-35-18-33-25-24(27(35)38)16-34-36(25)14-13-32-26(37)22-11-9-21(10-12-22)20-6-2-1-3-7-20/h1-12,15-16,18H,13-14,17H2,(H,32,37). The van der Waals surface area contributed by atoms with Gasteiger partial charge in [0.05, 0.1) is 24.8 Å². The minimum atomic E-state index is -4.47. The van der Waals surface area contributed by atoms with Gasteiger partial charge in [-0.1, -0.05) is 54.6 Å². The van der Waals surface area contributed by atoms with Gasteiger partial charge in [0.2, 0.25) is 0 Å². The molecule has 3 aromatic carbocycles. The van der Waals surface area contributed by atoms with Crippen LogP contribution in [0.15, 0.2) is 96.2 Å². The minimum Gasteiger partial charge on any atom is -0.350 e. The van der Waals surface area contributed by atoms with Gasteiger partial charge >= 0.3 is 6.18 Å². The van der Waals surface area contributed by atoms with Crippen LogP contribution >= 0.6 is 0 Å². The fourth-order valence-electron chi connectivity index (χ4n) is 4.14. The highest BCUT2D eigenvalue weighted by molar-refractivity contribution is 5.94. The Labute approximate surface area is 215 Å². The Morgan fingerprint density at radius 2 is 1.66 bits per heavy atom. The van der Waals surface area contributed by atoms with Crippen LogP contribution in [0.25, 0.3) is 22.2 Å². The Kier molecular flexibility index (Phi) is 6.78. The third-order valence-electron chi connectivity index (χ3n) is 6.09. The van der Waals surface area contributed by atoms with Crippen LogP contribution in [-0.2, 0) is 19.3 Å². The molecule has 0 aliphatic rings. The number of amides is 1. The molecule has 0 saturated heterocycles. The summed E-state index contributed by atoms with van der Waals surface area (Å²) in [6.45, 7) is 0.475. The van der Waals surface area contributed by atoms with Crippen molar-refractivity contribution in [1.29, 1.82) is 0 Å². The Morgan fingerprint density at radius 1 is 0.921 bits per heavy atom. The Hall–Kier alpha value is -4.73. The maximum Gasteiger partial charge on any atom is 0.416 e. The normalized spacial score (nSPS) is 11.6. The smallest absolute Gasteiger partial charge is 0.350 e. The van der Waals surface area contributed by atoms with Crippen LogP contribution < -0.4 is 10.9 Å². The summed E-state index contributed by atoms with van der Waals surface area (Å²) in [7, 11) is 0. The molecule has 5 aromatic rings. The predicted molar refractivity (Wildman–Crippen MR) is 137 cm³/mol. The van der Waals surface area contributed by atoms with Crippen LogP contribution in [0.5, 0.6) is 0 Å². The lowest BCUT2D eigenvalue weighted by Crippen LogP contribution is -2.27. The quantitative estimate of drug-likeness (QED) is 0.338. The number of hydrogen-bond donors (Lipinski definition) is 1. The summed E-state index contributed by atoms with van der Waals surface area (Å²) in [5.74, 6) is -0.238. The van der Waals surface area contributed by atoms with Gasteiger partial charge in [-0.2, -0.15) is 18.3 Å². The van der Waals surface area contributed by atoms with Gasteiger partial charge in [0.1, 0.15) is 11.7 Å². The van der Waals surface area contributed by atoms with Crippen LogP contribution in [0.3, 0.4) is 0 Å². The number of halogens is 3. The first-order chi connectivity index (χ1) is 18.3. The molecule has 0 unspecified atom stereocenters. The fourth-order valence-corrected chi connectivity index (χ4v) is 4.14. The van der Waals surface area contributed by atoms with Gasteiger partial charge in [0.15, 0.2) is 5.65 Å². The first-order valence-corrected chi connectivity index (χ1v) is 11.8. The van der Waals surface area contributed by atoms with E-state index in [-0.39, 0.29) is 30.9 Å². The lowest BCUT2D eigenvalue weighted by Gasteiger charge is -2.10. The van der Waals surface area contributed by atoms with Gasteiger partial charge in [-0.3, -0.25) is 14.2 Å². The molecule has 2 heterocycles. The van der Waals surface area contributed by atoms with Gasteiger partial charge in [0, 0.05) is 12.1 Å². The molecule has 0 atom stereocenters. The van der Waals surface area contributed by atoms with Crippen molar-refractivity contribution < 1.29 is 18.0 Å². The van der Waals surface area contributed by atoms with E-state index >= 15 is 0 Å². The van der Waals surface area contributed by atoms with Crippen molar-refractivity contribution in [2.75, 3.05) is 6.54 Å². The molecular weight excluding hydrogens is 495 g/mol. The molecule has 1 N–H and O–H groups in total. The van der Waals surface area contributed by atoms with Gasteiger partial charge in [-0.15, -0.1) is 0 Å². The van der Waals surface area contributed by atoms with E-state index in [0.29, 0.717) is 16.8 Å². The van der Waals surface area contributed by atoms with Crippen molar-refractivity contribution in [3.05, 3.63) is 118 Å². The molecule has 10 heteroatoms. The number of nitrogens with one attached hydrogen (secondary N) is 1. The topological polar surface area (TPSA) is 81.8 Å². The summed E-state index contributed by atoms with van der Waals surface area (Å²) in [5.41, 5.74) is 2.05. The molecule has 0 bridgehead atoms. The number of carbonyl (C=O) groups excluding carboxylic acids is 1. The van der Waals surface area contributed by atoms with Gasteiger partial charge in [-0.25, -0.2) is 9.67 Å². The summed E-state index contributed by atoms with van der Waals surface area (Å²) in [5, 5.41) is 7.28. The van der Waals surface area contributed by atoms with E-state index in [1.165, 1.54) is 33.9 Å². The molecule has 0 aliphatic carbocycles. The number of carbonyl (C=O) groups is 1. The van der Waals surface area contributed by atoms with Crippen LogP contribution in [0.2, 0.25) is 0 Å². The molecule has 0 saturated carbocycles. The number of fused-ring (bicyclic) bond motifs is 1. The SMILES string of the molecule is O=C(NCCn1ncc2c(=O)n(Cc3cccc(C(F)(F)F)c3)cnc21)c1ccc(-c2ccccc2)cc1. The molecule has 38 heavy (non-hydrogen) atoms. The molecule has 0 radical (unpaired) electrons. The molecule has 5 rings (SSSR count). The van der Waals surface area contributed by atoms with E-state index in [4.69, 9.17) is 0 Å². The van der Waals surface area contributed by atoms with Gasteiger partial charge in [-0.05, 0) is 41.0 Å². The maximum atomic E-state index is 13.0. The monoisotopic (exact) mass is 517 g/mol. The minimum absolute atomic E-state index is 0.0595. The molecule has 0 fully saturated rings. The summed E-state index contributed by atoms with van der Waals surface area (Å²) >= 11 is 0. The first-order valence-electron chi connectivity index (χ1n) is 11.8. The molecule has 192 valence electrons. The van der Waals surface area contributed by atoms with Gasteiger partial charge in [0.25, 0.3) is 11.5 Å². The molecule has 2 aromatic heterocycles. The largest absolute Gasteiger partial charge is 0.416 e. The van der Waals surface area contributed by atoms with Crippen LogP contribution in [0, 0.1) is 0 Å². The second-order valence-corrected chi connectivity index (χ2v) is 8.68. The lowest BCUT2D eigenvalue weighted by molar-refractivity contribution is -0.137. The third-order valence-corrected chi connectivity index (χ3v) is 6.09. The summed E-state index contributed by atoms with van der Waals surface area (Å²) < 4.78 is 41.8. The molecule has 0 spiro atoms. The van der Waals surface area contributed by atoms with Crippen molar-refractivity contribution in [3.63, 3.8) is 0 Å². The van der Waals surface area contributed by atoms with Crippen molar-refractivity contribution in [2.24, 2.45) is 0 Å². The molecule has 7 nitrogen and oxygen atoms in total. The van der Waals surface area contributed by atoms with E-state index in [0.717, 1.165) is 23.3 Å². The van der Waals surface area contributed by atoms with Crippen molar-refractivity contribution >= 4 is 16.9 Å². The number of hydrogen-bond acceptors (Lipinski definition) is 4. The van der Waals surface area contributed by atoms with E-state index in [2.05, 4.69) is 15.4 Å². The lowest BCUT2D eigenvalue weighted by atomic mass is 10.0. The average molecular weight is 518 g/mol. The highest BCUT2D eigenvalue weighted by Crippen LogP contribution is 2.29. The first kappa shape index (κ1) is 24.9. The zero-order valence-electron chi connectivity index (χ0n) is 20.0. The molecule has 1 amide bonds. The van der Waals surface area contributed by atoms with Crippen molar-refractivity contribution in [1.82, 2.24) is 24.6 Å². The van der Waals surface area contributed by atoms with Crippen LogP contribution in [-0.4, -0.2) is 31.8 Å². The molecule has 0 aliphatic heterocycles. The zero-order valence-corrected chi connectivity index (χ0v) is 20.0. The van der Waals surface area contributed by atoms with Crippen LogP contribution in [0.4, 0.5) is 13.2 Å². The number of benzene rings is 3. The Bertz CT molecular complexity index is 1640. The zero-order chi connectivity index (χ0) is 26.7. The molecular formula is C28H22F3N5O2.